The van der Waals surface area contributed by atoms with Gasteiger partial charge in [-0.3, -0.25) is 0 Å². The summed E-state index contributed by atoms with van der Waals surface area (Å²) in [5.41, 5.74) is 12.7. The summed E-state index contributed by atoms with van der Waals surface area (Å²) >= 11 is 0. The van der Waals surface area contributed by atoms with Gasteiger partial charge >= 0.3 is 0 Å². The topological polar surface area (TPSA) is 64.9 Å². The lowest BCUT2D eigenvalue weighted by Gasteiger charge is -2.27. The molecule has 1 aromatic heterocycles. The number of hydrogen-bond donors (Lipinski definition) is 2. The molecule has 72 valence electrons. The van der Waals surface area contributed by atoms with Gasteiger partial charge in [-0.25, -0.2) is 4.98 Å². The van der Waals surface area contributed by atoms with Crippen LogP contribution in [0, 0.1) is 5.41 Å². The predicted octanol–water partition coefficient (Wildman–Crippen LogP) is 1.71. The van der Waals surface area contributed by atoms with Crippen molar-refractivity contribution >= 4 is 5.82 Å². The Balaban J connectivity index is 3.02. The minimum absolute atomic E-state index is 0.0111. The van der Waals surface area contributed by atoms with Crippen LogP contribution >= 0.6 is 0 Å². The van der Waals surface area contributed by atoms with Crippen molar-refractivity contribution in [1.29, 1.82) is 0 Å². The van der Waals surface area contributed by atoms with Gasteiger partial charge in [-0.05, 0) is 11.5 Å². The van der Waals surface area contributed by atoms with Crippen LogP contribution in [0.15, 0.2) is 18.3 Å². The number of nitrogen functional groups attached to an aromatic ring is 1. The van der Waals surface area contributed by atoms with E-state index in [4.69, 9.17) is 11.5 Å². The van der Waals surface area contributed by atoms with E-state index in [1.807, 2.05) is 12.1 Å². The van der Waals surface area contributed by atoms with Crippen LogP contribution < -0.4 is 11.5 Å². The largest absolute Gasteiger partial charge is 0.383 e. The van der Waals surface area contributed by atoms with Crippen LogP contribution in [0.1, 0.15) is 32.4 Å². The van der Waals surface area contributed by atoms with Gasteiger partial charge in [0.1, 0.15) is 5.82 Å². The lowest BCUT2D eigenvalue weighted by atomic mass is 9.83. The fraction of sp³-hybridized carbons (Fsp3) is 0.500. The van der Waals surface area contributed by atoms with Gasteiger partial charge in [0.25, 0.3) is 0 Å². The molecular formula is C10H17N3. The second kappa shape index (κ2) is 3.34. The summed E-state index contributed by atoms with van der Waals surface area (Å²) < 4.78 is 0. The maximum atomic E-state index is 6.05. The molecule has 0 aliphatic carbocycles. The number of rotatable bonds is 1. The molecule has 1 atom stereocenters. The van der Waals surface area contributed by atoms with E-state index in [0.717, 1.165) is 5.56 Å². The van der Waals surface area contributed by atoms with Crippen molar-refractivity contribution < 1.29 is 0 Å². The molecule has 0 amide bonds. The summed E-state index contributed by atoms with van der Waals surface area (Å²) in [6.45, 7) is 6.26. The fourth-order valence-electron chi connectivity index (χ4n) is 1.16. The van der Waals surface area contributed by atoms with Crippen molar-refractivity contribution in [3.8, 4) is 0 Å². The highest BCUT2D eigenvalue weighted by molar-refractivity contribution is 5.41. The van der Waals surface area contributed by atoms with Gasteiger partial charge < -0.3 is 11.5 Å². The molecule has 3 heteroatoms. The summed E-state index contributed by atoms with van der Waals surface area (Å²) in [6, 6.07) is 3.72. The van der Waals surface area contributed by atoms with Crippen LogP contribution in [0.25, 0.3) is 0 Å². The van der Waals surface area contributed by atoms with Crippen LogP contribution in [-0.4, -0.2) is 4.98 Å². The SMILES string of the molecule is CC(C)(C)[C@@H](N)c1cccnc1N. The first-order valence-corrected chi connectivity index (χ1v) is 4.39. The Morgan fingerprint density at radius 3 is 2.46 bits per heavy atom. The zero-order chi connectivity index (χ0) is 10.1. The third kappa shape index (κ3) is 2.18. The number of nitrogens with zero attached hydrogens (tertiary/aromatic N) is 1. The predicted molar refractivity (Wildman–Crippen MR) is 55.0 cm³/mol. The molecule has 0 spiro atoms. The number of nitrogens with two attached hydrogens (primary N) is 2. The minimum atomic E-state index is -0.0683. The van der Waals surface area contributed by atoms with E-state index in [9.17, 15) is 0 Å². The third-order valence-electron chi connectivity index (χ3n) is 2.14. The van der Waals surface area contributed by atoms with Gasteiger partial charge in [-0.1, -0.05) is 26.8 Å². The number of pyridine rings is 1. The zero-order valence-electron chi connectivity index (χ0n) is 8.41. The maximum Gasteiger partial charge on any atom is 0.128 e. The Hall–Kier alpha value is -1.09. The van der Waals surface area contributed by atoms with Gasteiger partial charge in [0.05, 0.1) is 0 Å². The first-order valence-electron chi connectivity index (χ1n) is 4.39. The molecule has 0 radical (unpaired) electrons. The van der Waals surface area contributed by atoms with Crippen molar-refractivity contribution in [1.82, 2.24) is 4.98 Å². The second-order valence-corrected chi connectivity index (χ2v) is 4.32. The lowest BCUT2D eigenvalue weighted by molar-refractivity contribution is 0.327. The molecule has 1 aromatic rings. The Labute approximate surface area is 79.2 Å². The van der Waals surface area contributed by atoms with E-state index >= 15 is 0 Å². The molecule has 0 bridgehead atoms. The second-order valence-electron chi connectivity index (χ2n) is 4.32. The summed E-state index contributed by atoms with van der Waals surface area (Å²) in [7, 11) is 0. The van der Waals surface area contributed by atoms with Crippen LogP contribution in [0.4, 0.5) is 5.82 Å². The van der Waals surface area contributed by atoms with Gasteiger partial charge in [0.15, 0.2) is 0 Å². The molecule has 0 unspecified atom stereocenters. The van der Waals surface area contributed by atoms with Crippen molar-refractivity contribution in [3.63, 3.8) is 0 Å². The average molecular weight is 179 g/mol. The zero-order valence-corrected chi connectivity index (χ0v) is 8.41. The van der Waals surface area contributed by atoms with Gasteiger partial charge in [0, 0.05) is 17.8 Å². The molecule has 3 nitrogen and oxygen atoms in total. The lowest BCUT2D eigenvalue weighted by Crippen LogP contribution is -2.27. The van der Waals surface area contributed by atoms with E-state index in [1.165, 1.54) is 0 Å². The Morgan fingerprint density at radius 2 is 2.00 bits per heavy atom. The highest BCUT2D eigenvalue weighted by Gasteiger charge is 2.23. The smallest absolute Gasteiger partial charge is 0.128 e. The van der Waals surface area contributed by atoms with Crippen LogP contribution in [-0.2, 0) is 0 Å². The highest BCUT2D eigenvalue weighted by Crippen LogP contribution is 2.32. The van der Waals surface area contributed by atoms with E-state index < -0.39 is 0 Å². The van der Waals surface area contributed by atoms with Crippen LogP contribution in [0.3, 0.4) is 0 Å². The third-order valence-corrected chi connectivity index (χ3v) is 2.14. The Kier molecular flexibility index (Phi) is 2.57. The quantitative estimate of drug-likeness (QED) is 0.689. The summed E-state index contributed by atoms with van der Waals surface area (Å²) in [6.07, 6.45) is 1.67. The van der Waals surface area contributed by atoms with Gasteiger partial charge in [-0.2, -0.15) is 0 Å². The van der Waals surface area contributed by atoms with Crippen molar-refractivity contribution in [2.75, 3.05) is 5.73 Å². The Bertz CT molecular complexity index is 288. The maximum absolute atomic E-state index is 6.05. The molecule has 0 saturated heterocycles. The molecule has 0 aliphatic rings. The summed E-state index contributed by atoms with van der Waals surface area (Å²) in [4.78, 5) is 4.01. The normalized spacial score (nSPS) is 14.2. The van der Waals surface area contributed by atoms with Crippen LogP contribution in [0.2, 0.25) is 0 Å². The van der Waals surface area contributed by atoms with E-state index in [2.05, 4.69) is 25.8 Å². The number of anilines is 1. The minimum Gasteiger partial charge on any atom is -0.383 e. The number of aromatic nitrogens is 1. The Morgan fingerprint density at radius 1 is 1.38 bits per heavy atom. The first-order chi connectivity index (χ1) is 5.93. The van der Waals surface area contributed by atoms with Gasteiger partial charge in [-0.15, -0.1) is 0 Å². The number of hydrogen-bond acceptors (Lipinski definition) is 3. The molecule has 0 aromatic carbocycles. The van der Waals surface area contributed by atoms with E-state index in [-0.39, 0.29) is 11.5 Å². The monoisotopic (exact) mass is 179 g/mol. The molecular weight excluding hydrogens is 162 g/mol. The first kappa shape index (κ1) is 9.99. The molecule has 13 heavy (non-hydrogen) atoms. The summed E-state index contributed by atoms with van der Waals surface area (Å²) in [5.74, 6) is 0.532. The van der Waals surface area contributed by atoms with Crippen molar-refractivity contribution in [2.45, 2.75) is 26.8 Å². The molecule has 1 rings (SSSR count). The van der Waals surface area contributed by atoms with Crippen molar-refractivity contribution in [2.24, 2.45) is 11.1 Å². The van der Waals surface area contributed by atoms with E-state index in [1.54, 1.807) is 6.20 Å². The van der Waals surface area contributed by atoms with Gasteiger partial charge in [0.2, 0.25) is 0 Å². The molecule has 4 N–H and O–H groups in total. The highest BCUT2D eigenvalue weighted by atomic mass is 14.8. The molecule has 0 fully saturated rings. The molecule has 1 heterocycles. The molecule has 0 aliphatic heterocycles. The average Bonchev–Trinajstić information content (AvgIpc) is 2.02. The summed E-state index contributed by atoms with van der Waals surface area (Å²) in [5, 5.41) is 0. The van der Waals surface area contributed by atoms with E-state index in [0.29, 0.717) is 5.82 Å². The van der Waals surface area contributed by atoms with Crippen LogP contribution in [0.5, 0.6) is 0 Å². The standard InChI is InChI=1S/C10H17N3/c1-10(2,3)8(11)7-5-4-6-13-9(7)12/h4-6,8H,11H2,1-3H3,(H2,12,13)/t8-/m0/s1. The molecule has 0 saturated carbocycles. The fourth-order valence-corrected chi connectivity index (χ4v) is 1.16. The van der Waals surface area contributed by atoms with Crippen molar-refractivity contribution in [3.05, 3.63) is 23.9 Å².